The van der Waals surface area contributed by atoms with Crippen molar-refractivity contribution in [3.8, 4) is 5.69 Å². The molecule has 18 heavy (non-hydrogen) atoms. The van der Waals surface area contributed by atoms with Crippen molar-refractivity contribution in [1.82, 2.24) is 9.55 Å². The third-order valence-corrected chi connectivity index (χ3v) is 3.45. The van der Waals surface area contributed by atoms with Crippen molar-refractivity contribution in [2.75, 3.05) is 0 Å². The predicted octanol–water partition coefficient (Wildman–Crippen LogP) is 3.03. The fraction of sp³-hybridized carbons (Fsp3) is 0.333. The van der Waals surface area contributed by atoms with Gasteiger partial charge in [-0.3, -0.25) is 4.79 Å². The number of hydrogen-bond donors (Lipinski definition) is 0. The van der Waals surface area contributed by atoms with E-state index in [4.69, 9.17) is 0 Å². The molecule has 92 valence electrons. The number of nitrogens with zero attached hydrogens (tertiary/aromatic N) is 2. The minimum atomic E-state index is 0.0245. The SMILES string of the molecule is CC1(C)CC(=O)c2ncn(-c3ccccc3)c2C1. The molecule has 0 N–H and O–H groups in total. The number of carbonyl (C=O) groups is 1. The molecule has 3 nitrogen and oxygen atoms in total. The van der Waals surface area contributed by atoms with E-state index >= 15 is 0 Å². The molecule has 2 aromatic rings. The van der Waals surface area contributed by atoms with Crippen molar-refractivity contribution in [3.63, 3.8) is 0 Å². The van der Waals surface area contributed by atoms with Crippen LogP contribution in [-0.2, 0) is 6.42 Å². The molecular formula is C15H16N2O. The van der Waals surface area contributed by atoms with Crippen LogP contribution in [0, 0.1) is 5.41 Å². The Morgan fingerprint density at radius 3 is 2.61 bits per heavy atom. The zero-order valence-electron chi connectivity index (χ0n) is 10.7. The van der Waals surface area contributed by atoms with E-state index in [1.165, 1.54) is 0 Å². The zero-order chi connectivity index (χ0) is 12.8. The molecule has 0 spiro atoms. The molecule has 0 unspecified atom stereocenters. The van der Waals surface area contributed by atoms with Crippen molar-refractivity contribution in [2.45, 2.75) is 26.7 Å². The molecule has 0 amide bonds. The minimum Gasteiger partial charge on any atom is -0.303 e. The first-order valence-electron chi connectivity index (χ1n) is 6.22. The number of Topliss-reactive ketones (excluding diaryl/α,β-unsaturated/α-hetero) is 1. The Morgan fingerprint density at radius 2 is 1.89 bits per heavy atom. The molecule has 1 heterocycles. The molecule has 0 radical (unpaired) electrons. The second kappa shape index (κ2) is 3.80. The average Bonchev–Trinajstić information content (AvgIpc) is 2.72. The molecule has 0 saturated carbocycles. The molecule has 1 aliphatic carbocycles. The van der Waals surface area contributed by atoms with Crippen LogP contribution < -0.4 is 0 Å². The topological polar surface area (TPSA) is 34.9 Å². The maximum Gasteiger partial charge on any atom is 0.183 e. The van der Waals surface area contributed by atoms with Gasteiger partial charge in [-0.05, 0) is 24.0 Å². The Balaban J connectivity index is 2.13. The highest BCUT2D eigenvalue weighted by Crippen LogP contribution is 2.34. The second-order valence-electron chi connectivity index (χ2n) is 5.69. The molecule has 1 aliphatic rings. The summed E-state index contributed by atoms with van der Waals surface area (Å²) in [6.07, 6.45) is 3.24. The van der Waals surface area contributed by atoms with Crippen LogP contribution in [0.4, 0.5) is 0 Å². The lowest BCUT2D eigenvalue weighted by Gasteiger charge is -2.28. The van der Waals surface area contributed by atoms with Gasteiger partial charge in [0.15, 0.2) is 5.78 Å². The number of para-hydroxylation sites is 1. The number of carbonyl (C=O) groups excluding carboxylic acids is 1. The van der Waals surface area contributed by atoms with E-state index in [1.807, 2.05) is 34.9 Å². The fourth-order valence-electron chi connectivity index (χ4n) is 2.62. The molecular weight excluding hydrogens is 224 g/mol. The van der Waals surface area contributed by atoms with Crippen molar-refractivity contribution in [2.24, 2.45) is 5.41 Å². The van der Waals surface area contributed by atoms with Gasteiger partial charge in [-0.2, -0.15) is 0 Å². The number of hydrogen-bond acceptors (Lipinski definition) is 2. The molecule has 0 atom stereocenters. The van der Waals surface area contributed by atoms with Crippen LogP contribution >= 0.6 is 0 Å². The lowest BCUT2D eigenvalue weighted by atomic mass is 9.77. The summed E-state index contributed by atoms with van der Waals surface area (Å²) in [5.74, 6) is 0.163. The zero-order valence-corrected chi connectivity index (χ0v) is 10.7. The summed E-state index contributed by atoms with van der Waals surface area (Å²) in [7, 11) is 0. The molecule has 0 bridgehead atoms. The third kappa shape index (κ3) is 1.76. The van der Waals surface area contributed by atoms with Crippen molar-refractivity contribution < 1.29 is 4.79 Å². The smallest absolute Gasteiger partial charge is 0.183 e. The summed E-state index contributed by atoms with van der Waals surface area (Å²) in [5.41, 5.74) is 2.79. The molecule has 0 aliphatic heterocycles. The summed E-state index contributed by atoms with van der Waals surface area (Å²) >= 11 is 0. The highest BCUT2D eigenvalue weighted by atomic mass is 16.1. The number of rotatable bonds is 1. The quantitative estimate of drug-likeness (QED) is 0.768. The molecule has 3 rings (SSSR count). The van der Waals surface area contributed by atoms with Gasteiger partial charge in [0.2, 0.25) is 0 Å². The normalized spacial score (nSPS) is 17.6. The lowest BCUT2D eigenvalue weighted by Crippen LogP contribution is -2.28. The van der Waals surface area contributed by atoms with Crippen LogP contribution in [0.1, 0.15) is 36.5 Å². The van der Waals surface area contributed by atoms with Crippen LogP contribution in [0.25, 0.3) is 5.69 Å². The predicted molar refractivity (Wildman–Crippen MR) is 70.0 cm³/mol. The van der Waals surface area contributed by atoms with Crippen LogP contribution in [-0.4, -0.2) is 15.3 Å². The Morgan fingerprint density at radius 1 is 1.17 bits per heavy atom. The number of imidazole rings is 1. The Bertz CT molecular complexity index is 596. The minimum absolute atomic E-state index is 0.0245. The molecule has 0 fully saturated rings. The van der Waals surface area contributed by atoms with Gasteiger partial charge in [-0.25, -0.2) is 4.98 Å². The van der Waals surface area contributed by atoms with Crippen LogP contribution in [0.15, 0.2) is 36.7 Å². The van der Waals surface area contributed by atoms with Gasteiger partial charge in [-0.15, -0.1) is 0 Å². The highest BCUT2D eigenvalue weighted by molar-refractivity contribution is 5.97. The van der Waals surface area contributed by atoms with E-state index in [2.05, 4.69) is 18.8 Å². The number of benzene rings is 1. The molecule has 0 saturated heterocycles. The first-order valence-corrected chi connectivity index (χ1v) is 6.22. The number of fused-ring (bicyclic) bond motifs is 1. The van der Waals surface area contributed by atoms with Crippen molar-refractivity contribution >= 4 is 5.78 Å². The monoisotopic (exact) mass is 240 g/mol. The van der Waals surface area contributed by atoms with E-state index in [0.29, 0.717) is 12.1 Å². The standard InChI is InChI=1S/C15H16N2O/c1-15(2)8-12-14(13(18)9-15)16-10-17(12)11-6-4-3-5-7-11/h3-7,10H,8-9H2,1-2H3. The van der Waals surface area contributed by atoms with E-state index < -0.39 is 0 Å². The van der Waals surface area contributed by atoms with E-state index in [-0.39, 0.29) is 11.2 Å². The van der Waals surface area contributed by atoms with E-state index in [0.717, 1.165) is 17.8 Å². The molecule has 1 aromatic carbocycles. The summed E-state index contributed by atoms with van der Waals surface area (Å²) in [4.78, 5) is 16.4. The van der Waals surface area contributed by atoms with Crippen LogP contribution in [0.2, 0.25) is 0 Å². The third-order valence-electron chi connectivity index (χ3n) is 3.45. The fourth-order valence-corrected chi connectivity index (χ4v) is 2.62. The van der Waals surface area contributed by atoms with Crippen LogP contribution in [0.3, 0.4) is 0 Å². The first kappa shape index (κ1) is 11.2. The summed E-state index contributed by atoms with van der Waals surface area (Å²) in [6.45, 7) is 4.27. The number of aromatic nitrogens is 2. The Hall–Kier alpha value is -1.90. The lowest BCUT2D eigenvalue weighted by molar-refractivity contribution is 0.0905. The van der Waals surface area contributed by atoms with Gasteiger partial charge in [0, 0.05) is 12.1 Å². The largest absolute Gasteiger partial charge is 0.303 e. The summed E-state index contributed by atoms with van der Waals surface area (Å²) < 4.78 is 2.04. The van der Waals surface area contributed by atoms with Gasteiger partial charge in [0.1, 0.15) is 12.0 Å². The summed E-state index contributed by atoms with van der Waals surface area (Å²) in [6, 6.07) is 10.1. The van der Waals surface area contributed by atoms with Gasteiger partial charge >= 0.3 is 0 Å². The van der Waals surface area contributed by atoms with Crippen molar-refractivity contribution in [1.29, 1.82) is 0 Å². The van der Waals surface area contributed by atoms with Gasteiger partial charge in [0.05, 0.1) is 5.69 Å². The maximum atomic E-state index is 12.1. The second-order valence-corrected chi connectivity index (χ2v) is 5.69. The highest BCUT2D eigenvalue weighted by Gasteiger charge is 2.34. The van der Waals surface area contributed by atoms with Gasteiger partial charge in [0.25, 0.3) is 0 Å². The summed E-state index contributed by atoms with van der Waals surface area (Å²) in [5, 5.41) is 0. The van der Waals surface area contributed by atoms with E-state index in [1.54, 1.807) is 6.33 Å². The Labute approximate surface area is 106 Å². The Kier molecular flexibility index (Phi) is 2.37. The number of ketones is 1. The van der Waals surface area contributed by atoms with Gasteiger partial charge < -0.3 is 4.57 Å². The average molecular weight is 240 g/mol. The van der Waals surface area contributed by atoms with Crippen molar-refractivity contribution in [3.05, 3.63) is 48.0 Å². The first-order chi connectivity index (χ1) is 8.57. The molecule has 1 aromatic heterocycles. The van der Waals surface area contributed by atoms with Gasteiger partial charge in [-0.1, -0.05) is 32.0 Å². The van der Waals surface area contributed by atoms with E-state index in [9.17, 15) is 4.79 Å². The molecule has 3 heteroatoms. The van der Waals surface area contributed by atoms with Crippen LogP contribution in [0.5, 0.6) is 0 Å². The maximum absolute atomic E-state index is 12.1.